The van der Waals surface area contributed by atoms with Gasteiger partial charge in [-0.1, -0.05) is 91.0 Å². The van der Waals surface area contributed by atoms with Gasteiger partial charge in [0, 0.05) is 0 Å². The zero-order chi connectivity index (χ0) is 15.5. The Labute approximate surface area is 138 Å². The molecule has 0 N–H and O–H groups in total. The van der Waals surface area contributed by atoms with Crippen molar-refractivity contribution in [2.75, 3.05) is 0 Å². The van der Waals surface area contributed by atoms with Crippen LogP contribution in [0.5, 0.6) is 0 Å². The molecular weight excluding hydrogens is 295 g/mol. The van der Waals surface area contributed by atoms with E-state index >= 15 is 0 Å². The summed E-state index contributed by atoms with van der Waals surface area (Å²) in [7, 11) is -0.512. The number of benzene rings is 2. The van der Waals surface area contributed by atoms with Crippen molar-refractivity contribution in [3.8, 4) is 11.1 Å². The highest BCUT2D eigenvalue weighted by atomic mass is 31.1. The Morgan fingerprint density at radius 3 is 1.22 bits per heavy atom. The molecule has 2 aromatic rings. The van der Waals surface area contributed by atoms with Crippen LogP contribution in [0.15, 0.2) is 103 Å². The SMILES string of the molecule is c1ccc2cc(P(c3ccccc3)c3ccccc3)cc-2cc1. The number of hydrogen-bond acceptors (Lipinski definition) is 0. The van der Waals surface area contributed by atoms with E-state index < -0.39 is 7.92 Å². The van der Waals surface area contributed by atoms with Crippen molar-refractivity contribution < 1.29 is 0 Å². The number of fused-ring (bicyclic) bond motifs is 1. The summed E-state index contributed by atoms with van der Waals surface area (Å²) in [4.78, 5) is 0. The zero-order valence-corrected chi connectivity index (χ0v) is 13.7. The quantitative estimate of drug-likeness (QED) is 0.487. The van der Waals surface area contributed by atoms with Gasteiger partial charge in [0.15, 0.2) is 0 Å². The van der Waals surface area contributed by atoms with Crippen molar-refractivity contribution in [1.82, 2.24) is 0 Å². The second-order valence-electron chi connectivity index (χ2n) is 5.54. The summed E-state index contributed by atoms with van der Waals surface area (Å²) in [5.74, 6) is 0. The van der Waals surface area contributed by atoms with Crippen molar-refractivity contribution in [1.29, 1.82) is 0 Å². The minimum absolute atomic E-state index is 0.512. The molecule has 0 aromatic heterocycles. The predicted octanol–water partition coefficient (Wildman–Crippen LogP) is 4.55. The summed E-state index contributed by atoms with van der Waals surface area (Å²) < 4.78 is 0. The highest BCUT2D eigenvalue weighted by Gasteiger charge is 2.18. The topological polar surface area (TPSA) is 0 Å². The van der Waals surface area contributed by atoms with Crippen LogP contribution >= 0.6 is 7.92 Å². The van der Waals surface area contributed by atoms with Gasteiger partial charge in [-0.3, -0.25) is 0 Å². The van der Waals surface area contributed by atoms with Gasteiger partial charge in [-0.05, 0) is 47.1 Å². The van der Waals surface area contributed by atoms with Gasteiger partial charge in [-0.2, -0.15) is 0 Å². The molecule has 1 heteroatoms. The molecule has 0 amide bonds. The Morgan fingerprint density at radius 1 is 0.391 bits per heavy atom. The third-order valence-corrected chi connectivity index (χ3v) is 6.40. The fourth-order valence-electron chi connectivity index (χ4n) is 2.93. The van der Waals surface area contributed by atoms with E-state index in [1.165, 1.54) is 27.0 Å². The molecule has 110 valence electrons. The van der Waals surface area contributed by atoms with Crippen molar-refractivity contribution in [3.63, 3.8) is 0 Å². The zero-order valence-electron chi connectivity index (χ0n) is 12.8. The Bertz CT molecular complexity index is 798. The van der Waals surface area contributed by atoms with Crippen molar-refractivity contribution >= 4 is 23.8 Å². The van der Waals surface area contributed by atoms with Crippen LogP contribution in [0.2, 0.25) is 0 Å². The van der Waals surface area contributed by atoms with Crippen molar-refractivity contribution in [2.24, 2.45) is 0 Å². The Balaban J connectivity index is 1.90. The summed E-state index contributed by atoms with van der Waals surface area (Å²) in [5, 5.41) is 4.21. The molecule has 2 aromatic carbocycles. The maximum Gasteiger partial charge on any atom is -0.0134 e. The van der Waals surface area contributed by atoms with Crippen LogP contribution in [0.3, 0.4) is 0 Å². The lowest BCUT2D eigenvalue weighted by atomic mass is 10.2. The maximum absolute atomic E-state index is 2.35. The van der Waals surface area contributed by atoms with Gasteiger partial charge >= 0.3 is 0 Å². The number of hydrogen-bond donors (Lipinski definition) is 0. The first-order chi connectivity index (χ1) is 11.4. The van der Waals surface area contributed by atoms with Gasteiger partial charge in [-0.25, -0.2) is 0 Å². The Hall–Kier alpha value is -2.43. The predicted molar refractivity (Wildman–Crippen MR) is 102 cm³/mol. The molecule has 0 saturated heterocycles. The Morgan fingerprint density at radius 2 is 0.783 bits per heavy atom. The standard InChI is InChI=1S/C22H17P/c1-4-10-18-16-22(17-19(18)11-5-1)23(20-12-6-2-7-13-20)21-14-8-3-9-15-21/h1-17H. The van der Waals surface area contributed by atoms with Crippen LogP contribution in [0.25, 0.3) is 11.1 Å². The lowest BCUT2D eigenvalue weighted by Crippen LogP contribution is -2.19. The molecule has 0 spiro atoms. The summed E-state index contributed by atoms with van der Waals surface area (Å²) in [6.45, 7) is 0. The summed E-state index contributed by atoms with van der Waals surface area (Å²) in [6, 6.07) is 37.1. The van der Waals surface area contributed by atoms with Gasteiger partial charge in [0.25, 0.3) is 0 Å². The van der Waals surface area contributed by atoms with Crippen LogP contribution in [-0.2, 0) is 0 Å². The summed E-state index contributed by atoms with van der Waals surface area (Å²) >= 11 is 0. The van der Waals surface area contributed by atoms with Crippen LogP contribution in [-0.4, -0.2) is 0 Å². The van der Waals surface area contributed by atoms with E-state index in [4.69, 9.17) is 0 Å². The number of rotatable bonds is 3. The third-order valence-electron chi connectivity index (χ3n) is 4.00. The summed E-state index contributed by atoms with van der Waals surface area (Å²) in [6.07, 6.45) is 0. The van der Waals surface area contributed by atoms with Gasteiger partial charge in [0.05, 0.1) is 0 Å². The van der Waals surface area contributed by atoms with Crippen LogP contribution in [0.1, 0.15) is 0 Å². The molecule has 0 bridgehead atoms. The van der Waals surface area contributed by atoms with Gasteiger partial charge in [0.1, 0.15) is 0 Å². The molecule has 0 nitrogen and oxygen atoms in total. The van der Waals surface area contributed by atoms with E-state index in [-0.39, 0.29) is 0 Å². The third kappa shape index (κ3) is 2.91. The van der Waals surface area contributed by atoms with Crippen molar-refractivity contribution in [2.45, 2.75) is 0 Å². The second-order valence-corrected chi connectivity index (χ2v) is 7.76. The van der Waals surface area contributed by atoms with Crippen LogP contribution in [0.4, 0.5) is 0 Å². The summed E-state index contributed by atoms with van der Waals surface area (Å²) in [5.41, 5.74) is 2.62. The molecule has 0 unspecified atom stereocenters. The highest BCUT2D eigenvalue weighted by molar-refractivity contribution is 7.79. The fraction of sp³-hybridized carbons (Fsp3) is 0. The lowest BCUT2D eigenvalue weighted by Gasteiger charge is -2.17. The lowest BCUT2D eigenvalue weighted by molar-refractivity contribution is 1.75. The molecule has 2 aliphatic carbocycles. The minimum atomic E-state index is -0.512. The first kappa shape index (κ1) is 14.2. The van der Waals surface area contributed by atoms with Gasteiger partial charge in [0.2, 0.25) is 0 Å². The van der Waals surface area contributed by atoms with Crippen LogP contribution in [0, 0.1) is 0 Å². The van der Waals surface area contributed by atoms with Gasteiger partial charge in [-0.15, -0.1) is 0 Å². The monoisotopic (exact) mass is 312 g/mol. The molecule has 0 aliphatic heterocycles. The highest BCUT2D eigenvalue weighted by Crippen LogP contribution is 2.36. The van der Waals surface area contributed by atoms with E-state index in [2.05, 4.69) is 103 Å². The fourth-order valence-corrected chi connectivity index (χ4v) is 5.30. The van der Waals surface area contributed by atoms with E-state index in [0.717, 1.165) is 0 Å². The van der Waals surface area contributed by atoms with E-state index in [1.54, 1.807) is 0 Å². The molecule has 0 fully saturated rings. The normalized spacial score (nSPS) is 11.0. The molecule has 0 heterocycles. The van der Waals surface area contributed by atoms with Crippen molar-refractivity contribution in [3.05, 3.63) is 103 Å². The first-order valence-electron chi connectivity index (χ1n) is 7.81. The molecule has 4 rings (SSSR count). The average molecular weight is 312 g/mol. The van der Waals surface area contributed by atoms with Crippen LogP contribution < -0.4 is 15.9 Å². The molecular formula is C22H17P. The maximum atomic E-state index is 2.35. The molecule has 0 radical (unpaired) electrons. The molecule has 23 heavy (non-hydrogen) atoms. The van der Waals surface area contributed by atoms with E-state index in [9.17, 15) is 0 Å². The van der Waals surface area contributed by atoms with E-state index in [1.807, 2.05) is 0 Å². The Kier molecular flexibility index (Phi) is 3.92. The molecule has 0 atom stereocenters. The second kappa shape index (κ2) is 6.36. The molecule has 0 saturated carbocycles. The first-order valence-corrected chi connectivity index (χ1v) is 9.15. The molecule has 2 aliphatic rings. The smallest absolute Gasteiger partial charge is 0.0134 e. The van der Waals surface area contributed by atoms with Gasteiger partial charge < -0.3 is 0 Å². The van der Waals surface area contributed by atoms with E-state index in [0.29, 0.717) is 0 Å². The largest absolute Gasteiger partial charge is 0.0622 e. The average Bonchev–Trinajstić information content (AvgIpc) is 2.87. The minimum Gasteiger partial charge on any atom is -0.0622 e.